The first kappa shape index (κ1) is 8.61. The van der Waals surface area contributed by atoms with Crippen LogP contribution in [0.1, 0.15) is 5.69 Å². The molecule has 1 N–H and O–H groups in total. The van der Waals surface area contributed by atoms with Crippen LogP contribution in [-0.4, -0.2) is 32.5 Å². The fourth-order valence-electron chi connectivity index (χ4n) is 1.21. The minimum Gasteiger partial charge on any atom is -0.480 e. The van der Waals surface area contributed by atoms with Gasteiger partial charge in [-0.05, 0) is 0 Å². The summed E-state index contributed by atoms with van der Waals surface area (Å²) >= 11 is 0. The number of hydrogen-bond donors (Lipinski definition) is 1. The van der Waals surface area contributed by atoms with Crippen molar-refractivity contribution in [2.45, 2.75) is 0 Å². The Morgan fingerprint density at radius 3 is 2.93 bits per heavy atom. The van der Waals surface area contributed by atoms with E-state index in [9.17, 15) is 0 Å². The zero-order chi connectivity index (χ0) is 10.1. The number of nitrogens with zero attached hydrogens (tertiary/aromatic N) is 4. The predicted molar refractivity (Wildman–Crippen MR) is 50.1 cm³/mol. The van der Waals surface area contributed by atoms with E-state index in [1.165, 1.54) is 13.4 Å². The number of fused-ring (bicyclic) bond motifs is 1. The molecule has 72 valence electrons. The van der Waals surface area contributed by atoms with Crippen molar-refractivity contribution in [3.63, 3.8) is 0 Å². The molecule has 0 saturated carbocycles. The Balaban J connectivity index is 2.71. The summed E-state index contributed by atoms with van der Waals surface area (Å²) in [7, 11) is 3.27. The molecule has 0 bridgehead atoms. The summed E-state index contributed by atoms with van der Waals surface area (Å²) in [6, 6.07) is 0. The number of nitrogens with one attached hydrogen (secondary N) is 1. The van der Waals surface area contributed by atoms with Crippen LogP contribution in [0, 0.1) is 5.41 Å². The van der Waals surface area contributed by atoms with Crippen molar-refractivity contribution in [3.05, 3.63) is 18.3 Å². The third-order valence-electron chi connectivity index (χ3n) is 1.92. The largest absolute Gasteiger partial charge is 0.480 e. The average molecular weight is 191 g/mol. The molecule has 2 heterocycles. The summed E-state index contributed by atoms with van der Waals surface area (Å²) in [6.07, 6.45) is 3.03. The molecule has 0 aliphatic rings. The third-order valence-corrected chi connectivity index (χ3v) is 1.92. The Bertz CT molecular complexity index is 489. The van der Waals surface area contributed by atoms with Gasteiger partial charge in [-0.1, -0.05) is 0 Å². The van der Waals surface area contributed by atoms with Crippen molar-refractivity contribution in [2.24, 2.45) is 7.05 Å². The van der Waals surface area contributed by atoms with Gasteiger partial charge >= 0.3 is 0 Å². The molecule has 2 rings (SSSR count). The van der Waals surface area contributed by atoms with Gasteiger partial charge < -0.3 is 9.30 Å². The van der Waals surface area contributed by atoms with E-state index >= 15 is 0 Å². The second-order valence-electron chi connectivity index (χ2n) is 2.78. The average Bonchev–Trinajstić information content (AvgIpc) is 2.59. The highest BCUT2D eigenvalue weighted by atomic mass is 16.5. The van der Waals surface area contributed by atoms with Crippen molar-refractivity contribution in [1.82, 2.24) is 19.5 Å². The number of hydrogen-bond acceptors (Lipinski definition) is 5. The molecule has 6 nitrogen and oxygen atoms in total. The highest BCUT2D eigenvalue weighted by Gasteiger charge is 2.12. The van der Waals surface area contributed by atoms with Crippen LogP contribution in [0.3, 0.4) is 0 Å². The van der Waals surface area contributed by atoms with E-state index in [-0.39, 0.29) is 5.90 Å². The fraction of sp³-hybridized carbons (Fsp3) is 0.250. The van der Waals surface area contributed by atoms with Crippen LogP contribution in [0.4, 0.5) is 0 Å². The van der Waals surface area contributed by atoms with E-state index in [2.05, 4.69) is 15.0 Å². The lowest BCUT2D eigenvalue weighted by molar-refractivity contribution is 0.400. The summed E-state index contributed by atoms with van der Waals surface area (Å²) in [5.41, 5.74) is 1.69. The monoisotopic (exact) mass is 191 g/mol. The molecule has 0 radical (unpaired) electrons. The van der Waals surface area contributed by atoms with E-state index in [1.807, 2.05) is 7.05 Å². The van der Waals surface area contributed by atoms with Crippen molar-refractivity contribution in [1.29, 1.82) is 5.41 Å². The molecule has 2 aromatic heterocycles. The molecule has 2 aromatic rings. The number of ether oxygens (including phenoxy) is 1. The topological polar surface area (TPSA) is 76.7 Å². The maximum Gasteiger partial charge on any atom is 0.234 e. The maximum absolute atomic E-state index is 7.51. The second-order valence-corrected chi connectivity index (χ2v) is 2.78. The highest BCUT2D eigenvalue weighted by molar-refractivity contribution is 6.00. The molecule has 14 heavy (non-hydrogen) atoms. The minimum absolute atomic E-state index is 0.00361. The maximum atomic E-state index is 7.51. The number of imidazole rings is 1. The SMILES string of the molecule is COC(=N)c1ncnc2c1ncn2C. The Morgan fingerprint density at radius 2 is 2.21 bits per heavy atom. The summed E-state index contributed by atoms with van der Waals surface area (Å²) in [5, 5.41) is 7.51. The summed E-state index contributed by atoms with van der Waals surface area (Å²) in [6.45, 7) is 0. The molecule has 0 unspecified atom stereocenters. The molecular weight excluding hydrogens is 182 g/mol. The van der Waals surface area contributed by atoms with Gasteiger partial charge in [0.1, 0.15) is 11.8 Å². The normalized spacial score (nSPS) is 10.4. The number of aryl methyl sites for hydroxylation is 1. The zero-order valence-electron chi connectivity index (χ0n) is 7.85. The first-order valence-electron chi connectivity index (χ1n) is 3.99. The Morgan fingerprint density at radius 1 is 1.43 bits per heavy atom. The number of rotatable bonds is 1. The highest BCUT2D eigenvalue weighted by Crippen LogP contribution is 2.11. The van der Waals surface area contributed by atoms with Gasteiger partial charge in [0.2, 0.25) is 5.90 Å². The van der Waals surface area contributed by atoms with Gasteiger partial charge in [0.15, 0.2) is 11.3 Å². The van der Waals surface area contributed by atoms with Crippen LogP contribution in [0.5, 0.6) is 0 Å². The van der Waals surface area contributed by atoms with E-state index in [0.717, 1.165) is 0 Å². The predicted octanol–water partition coefficient (Wildman–Crippen LogP) is 0.335. The Labute approximate surface area is 80.1 Å². The van der Waals surface area contributed by atoms with Crippen LogP contribution in [0.15, 0.2) is 12.7 Å². The van der Waals surface area contributed by atoms with Crippen molar-refractivity contribution in [2.75, 3.05) is 7.11 Å². The third kappa shape index (κ3) is 1.12. The van der Waals surface area contributed by atoms with Gasteiger partial charge in [-0.15, -0.1) is 0 Å². The molecule has 0 aliphatic heterocycles. The lowest BCUT2D eigenvalue weighted by Crippen LogP contribution is -2.06. The van der Waals surface area contributed by atoms with E-state index in [0.29, 0.717) is 16.9 Å². The number of methoxy groups -OCH3 is 1. The van der Waals surface area contributed by atoms with Gasteiger partial charge in [0, 0.05) is 7.05 Å². The van der Waals surface area contributed by atoms with Gasteiger partial charge in [-0.3, -0.25) is 5.41 Å². The molecule has 0 atom stereocenters. The molecule has 0 aliphatic carbocycles. The smallest absolute Gasteiger partial charge is 0.234 e. The standard InChI is InChI=1S/C8H9N5O/c1-13-4-12-6-5(7(9)14-2)10-3-11-8(6)13/h3-4,9H,1-2H3. The van der Waals surface area contributed by atoms with E-state index in [1.54, 1.807) is 10.9 Å². The summed E-state index contributed by atoms with van der Waals surface area (Å²) in [4.78, 5) is 12.1. The lowest BCUT2D eigenvalue weighted by Gasteiger charge is -2.01. The number of aromatic nitrogens is 4. The summed E-state index contributed by atoms with van der Waals surface area (Å²) < 4.78 is 6.56. The van der Waals surface area contributed by atoms with Crippen LogP contribution >= 0.6 is 0 Å². The second kappa shape index (κ2) is 3.06. The van der Waals surface area contributed by atoms with E-state index in [4.69, 9.17) is 10.1 Å². The fourth-order valence-corrected chi connectivity index (χ4v) is 1.21. The van der Waals surface area contributed by atoms with Gasteiger partial charge in [0.05, 0.1) is 13.4 Å². The van der Waals surface area contributed by atoms with Crippen LogP contribution in [0.2, 0.25) is 0 Å². The quantitative estimate of drug-likeness (QED) is 0.520. The van der Waals surface area contributed by atoms with Gasteiger partial charge in [0.25, 0.3) is 0 Å². The van der Waals surface area contributed by atoms with Crippen molar-refractivity contribution >= 4 is 17.1 Å². The van der Waals surface area contributed by atoms with E-state index < -0.39 is 0 Å². The molecule has 0 fully saturated rings. The molecule has 0 amide bonds. The summed E-state index contributed by atoms with van der Waals surface area (Å²) in [5.74, 6) is -0.00361. The van der Waals surface area contributed by atoms with Gasteiger partial charge in [-0.2, -0.15) is 0 Å². The zero-order valence-corrected chi connectivity index (χ0v) is 7.85. The Kier molecular flexibility index (Phi) is 1.88. The Hall–Kier alpha value is -1.98. The molecule has 0 spiro atoms. The minimum atomic E-state index is -0.00361. The molecular formula is C8H9N5O. The van der Waals surface area contributed by atoms with Crippen molar-refractivity contribution in [3.8, 4) is 0 Å². The van der Waals surface area contributed by atoms with Gasteiger partial charge in [-0.25, -0.2) is 15.0 Å². The van der Waals surface area contributed by atoms with Crippen LogP contribution < -0.4 is 0 Å². The van der Waals surface area contributed by atoms with Crippen LogP contribution in [-0.2, 0) is 11.8 Å². The molecule has 0 aromatic carbocycles. The molecule has 0 saturated heterocycles. The van der Waals surface area contributed by atoms with Crippen molar-refractivity contribution < 1.29 is 4.74 Å². The first-order valence-corrected chi connectivity index (χ1v) is 3.99. The lowest BCUT2D eigenvalue weighted by atomic mass is 10.3. The van der Waals surface area contributed by atoms with Crippen LogP contribution in [0.25, 0.3) is 11.2 Å². The molecule has 6 heteroatoms. The first-order chi connectivity index (χ1) is 6.74.